The summed E-state index contributed by atoms with van der Waals surface area (Å²) < 4.78 is 24.3. The van der Waals surface area contributed by atoms with Gasteiger partial charge in [0, 0.05) is 11.1 Å². The van der Waals surface area contributed by atoms with Gasteiger partial charge in [-0.25, -0.2) is 4.39 Å². The maximum atomic E-state index is 13.3. The molecule has 2 N–H and O–H groups in total. The zero-order valence-corrected chi connectivity index (χ0v) is 13.4. The van der Waals surface area contributed by atoms with Crippen LogP contribution in [-0.2, 0) is 9.53 Å². The van der Waals surface area contributed by atoms with E-state index < -0.39 is 30.0 Å². The summed E-state index contributed by atoms with van der Waals surface area (Å²) in [4.78, 5) is 11.6. The van der Waals surface area contributed by atoms with Crippen molar-refractivity contribution in [1.82, 2.24) is 0 Å². The van der Waals surface area contributed by atoms with Crippen LogP contribution in [0.2, 0.25) is 5.02 Å². The van der Waals surface area contributed by atoms with E-state index in [4.69, 9.17) is 26.8 Å². The van der Waals surface area contributed by atoms with Gasteiger partial charge in [-0.05, 0) is 31.9 Å². The highest BCUT2D eigenvalue weighted by atomic mass is 35.5. The summed E-state index contributed by atoms with van der Waals surface area (Å²) in [5.74, 6) is -0.679. The molecule has 0 fully saturated rings. The fourth-order valence-corrected chi connectivity index (χ4v) is 2.11. The van der Waals surface area contributed by atoms with Crippen LogP contribution in [0, 0.1) is 11.7 Å². The molecule has 1 aromatic carbocycles. The summed E-state index contributed by atoms with van der Waals surface area (Å²) in [7, 11) is 0. The molecule has 1 rings (SSSR count). The van der Waals surface area contributed by atoms with Crippen molar-refractivity contribution in [2.45, 2.75) is 45.9 Å². The molecule has 4 nitrogen and oxygen atoms in total. The van der Waals surface area contributed by atoms with Crippen LogP contribution in [-0.4, -0.2) is 24.2 Å². The fraction of sp³-hybridized carbons (Fsp3) is 0.533. The van der Waals surface area contributed by atoms with Crippen LogP contribution in [0.1, 0.15) is 27.7 Å². The summed E-state index contributed by atoms with van der Waals surface area (Å²) in [5.41, 5.74) is 5.49. The maximum Gasteiger partial charge on any atom is 0.323 e. The Balaban J connectivity index is 2.81. The van der Waals surface area contributed by atoms with Gasteiger partial charge in [0.05, 0.1) is 0 Å². The molecule has 0 saturated heterocycles. The molecule has 0 unspecified atom stereocenters. The molecule has 0 aliphatic heterocycles. The molecule has 0 aliphatic rings. The number of carbonyl (C=O) groups excluding carboxylic acids is 1. The number of benzene rings is 1. The van der Waals surface area contributed by atoms with E-state index in [1.807, 2.05) is 13.8 Å². The highest BCUT2D eigenvalue weighted by Gasteiger charge is 2.27. The minimum absolute atomic E-state index is 0.0201. The molecule has 0 radical (unpaired) electrons. The number of halogens is 2. The predicted octanol–water partition coefficient (Wildman–Crippen LogP) is 3.16. The lowest BCUT2D eigenvalue weighted by molar-refractivity contribution is -0.157. The zero-order valence-electron chi connectivity index (χ0n) is 12.6. The van der Waals surface area contributed by atoms with E-state index in [-0.39, 0.29) is 16.7 Å². The Morgan fingerprint density at radius 2 is 1.86 bits per heavy atom. The number of rotatable bonds is 6. The largest absolute Gasteiger partial charge is 0.487 e. The molecular weight excluding hydrogens is 297 g/mol. The van der Waals surface area contributed by atoms with Crippen molar-refractivity contribution < 1.29 is 18.7 Å². The first-order chi connectivity index (χ1) is 9.70. The van der Waals surface area contributed by atoms with E-state index in [0.29, 0.717) is 0 Å². The molecule has 1 aromatic rings. The lowest BCUT2D eigenvalue weighted by atomic mass is 10.0. The Morgan fingerprint density at radius 1 is 1.24 bits per heavy atom. The van der Waals surface area contributed by atoms with Crippen molar-refractivity contribution in [2.24, 2.45) is 11.7 Å². The van der Waals surface area contributed by atoms with E-state index >= 15 is 0 Å². The van der Waals surface area contributed by atoms with E-state index in [1.54, 1.807) is 13.8 Å². The van der Waals surface area contributed by atoms with Gasteiger partial charge in [0.25, 0.3) is 0 Å². The number of carbonyl (C=O) groups is 1. The average Bonchev–Trinajstić information content (AvgIpc) is 2.33. The second kappa shape index (κ2) is 7.61. The van der Waals surface area contributed by atoms with Crippen molar-refractivity contribution in [3.05, 3.63) is 29.0 Å². The van der Waals surface area contributed by atoms with Gasteiger partial charge in [-0.1, -0.05) is 25.4 Å². The van der Waals surface area contributed by atoms with Crippen LogP contribution < -0.4 is 10.5 Å². The van der Waals surface area contributed by atoms with Gasteiger partial charge in [0.1, 0.15) is 29.8 Å². The van der Waals surface area contributed by atoms with Gasteiger partial charge >= 0.3 is 5.97 Å². The highest BCUT2D eigenvalue weighted by molar-refractivity contribution is 6.30. The maximum absolute atomic E-state index is 13.3. The van der Waals surface area contributed by atoms with Crippen LogP contribution in [0.3, 0.4) is 0 Å². The summed E-state index contributed by atoms with van der Waals surface area (Å²) in [6.07, 6.45) is -0.962. The smallest absolute Gasteiger partial charge is 0.323 e. The van der Waals surface area contributed by atoms with Gasteiger partial charge in [0.15, 0.2) is 0 Å². The number of hydrogen-bond donors (Lipinski definition) is 1. The van der Waals surface area contributed by atoms with Crippen LogP contribution in [0.25, 0.3) is 0 Å². The Labute approximate surface area is 129 Å². The van der Waals surface area contributed by atoms with E-state index in [1.165, 1.54) is 18.2 Å². The Morgan fingerprint density at radius 3 is 2.33 bits per heavy atom. The molecule has 0 aromatic heterocycles. The van der Waals surface area contributed by atoms with Crippen molar-refractivity contribution in [1.29, 1.82) is 0 Å². The lowest BCUT2D eigenvalue weighted by Gasteiger charge is -2.28. The molecule has 0 spiro atoms. The third-order valence-corrected chi connectivity index (χ3v) is 3.12. The molecule has 0 aliphatic carbocycles. The molecule has 6 heteroatoms. The Hall–Kier alpha value is -1.33. The third kappa shape index (κ3) is 5.52. The third-order valence-electron chi connectivity index (χ3n) is 2.90. The van der Waals surface area contributed by atoms with Crippen molar-refractivity contribution in [3.63, 3.8) is 0 Å². The molecule has 0 heterocycles. The number of hydrogen-bond acceptors (Lipinski definition) is 4. The van der Waals surface area contributed by atoms with Crippen LogP contribution >= 0.6 is 11.6 Å². The lowest BCUT2D eigenvalue weighted by Crippen LogP contribution is -2.41. The first-order valence-corrected chi connectivity index (χ1v) is 7.17. The summed E-state index contributed by atoms with van der Waals surface area (Å²) in [6.45, 7) is 7.10. The molecule has 21 heavy (non-hydrogen) atoms. The topological polar surface area (TPSA) is 61.5 Å². The van der Waals surface area contributed by atoms with Crippen molar-refractivity contribution >= 4 is 17.6 Å². The number of nitrogens with two attached hydrogens (primary N) is 1. The Kier molecular flexibility index (Phi) is 6.42. The molecule has 0 bridgehead atoms. The van der Waals surface area contributed by atoms with E-state index in [0.717, 1.165) is 0 Å². The monoisotopic (exact) mass is 317 g/mol. The van der Waals surface area contributed by atoms with Gasteiger partial charge in [-0.2, -0.15) is 0 Å². The first kappa shape index (κ1) is 17.7. The average molecular weight is 318 g/mol. The number of esters is 1. The predicted molar refractivity (Wildman–Crippen MR) is 79.9 cm³/mol. The SMILES string of the molecule is CC(C)[C@@H](OC(=O)[C@H](C)N)[C@H](C)Oc1cc(F)cc(Cl)c1. The van der Waals surface area contributed by atoms with Crippen molar-refractivity contribution in [2.75, 3.05) is 0 Å². The summed E-state index contributed by atoms with van der Waals surface area (Å²) in [5, 5.41) is 0.242. The minimum Gasteiger partial charge on any atom is -0.487 e. The molecule has 118 valence electrons. The van der Waals surface area contributed by atoms with E-state index in [2.05, 4.69) is 0 Å². The van der Waals surface area contributed by atoms with Crippen LogP contribution in [0.5, 0.6) is 5.75 Å². The van der Waals surface area contributed by atoms with Gasteiger partial charge in [0.2, 0.25) is 0 Å². The van der Waals surface area contributed by atoms with Crippen LogP contribution in [0.4, 0.5) is 4.39 Å². The fourth-order valence-electron chi connectivity index (χ4n) is 1.89. The second-order valence-electron chi connectivity index (χ2n) is 5.36. The number of ether oxygens (including phenoxy) is 2. The normalized spacial score (nSPS) is 15.4. The summed E-state index contributed by atoms with van der Waals surface area (Å²) in [6, 6.07) is 3.22. The molecule has 0 amide bonds. The minimum atomic E-state index is -0.706. The van der Waals surface area contributed by atoms with Gasteiger partial charge < -0.3 is 15.2 Å². The second-order valence-corrected chi connectivity index (χ2v) is 5.80. The molecule has 3 atom stereocenters. The van der Waals surface area contributed by atoms with Gasteiger partial charge in [-0.15, -0.1) is 0 Å². The molecular formula is C15H21ClFNO3. The highest BCUT2D eigenvalue weighted by Crippen LogP contribution is 2.23. The zero-order chi connectivity index (χ0) is 16.2. The Bertz CT molecular complexity index is 474. The van der Waals surface area contributed by atoms with Crippen LogP contribution in [0.15, 0.2) is 18.2 Å². The van der Waals surface area contributed by atoms with E-state index in [9.17, 15) is 9.18 Å². The summed E-state index contributed by atoms with van der Waals surface area (Å²) >= 11 is 5.78. The molecule has 0 saturated carbocycles. The quantitative estimate of drug-likeness (QED) is 0.819. The first-order valence-electron chi connectivity index (χ1n) is 6.79. The standard InChI is InChI=1S/C15H21ClFNO3/c1-8(2)14(21-15(19)9(3)18)10(4)20-13-6-11(16)5-12(17)7-13/h5-10,14H,18H2,1-4H3/t9-,10-,14+/m0/s1. The van der Waals surface area contributed by atoms with Gasteiger partial charge in [-0.3, -0.25) is 4.79 Å². The van der Waals surface area contributed by atoms with Crippen molar-refractivity contribution in [3.8, 4) is 5.75 Å².